The molecule has 2 amide bonds. The quantitative estimate of drug-likeness (QED) is 0.699. The van der Waals surface area contributed by atoms with Gasteiger partial charge in [-0.15, -0.1) is 0 Å². The van der Waals surface area contributed by atoms with Gasteiger partial charge in [0.25, 0.3) is 0 Å². The second-order valence-corrected chi connectivity index (χ2v) is 9.35. The van der Waals surface area contributed by atoms with Crippen LogP contribution in [0.3, 0.4) is 0 Å². The van der Waals surface area contributed by atoms with Gasteiger partial charge in [-0.3, -0.25) is 4.98 Å². The molecule has 1 aliphatic rings. The van der Waals surface area contributed by atoms with E-state index in [-0.39, 0.29) is 18.6 Å². The van der Waals surface area contributed by atoms with Crippen LogP contribution in [0.1, 0.15) is 18.4 Å². The van der Waals surface area contributed by atoms with Crippen LogP contribution < -0.4 is 14.8 Å². The zero-order chi connectivity index (χ0) is 22.4. The summed E-state index contributed by atoms with van der Waals surface area (Å²) in [5.74, 6) is 1.08. The first-order valence-corrected chi connectivity index (χ1v) is 11.8. The number of urea groups is 1. The lowest BCUT2D eigenvalue weighted by atomic mass is 10.1. The average Bonchev–Trinajstić information content (AvgIpc) is 2.77. The maximum Gasteiger partial charge on any atom is 0.321 e. The summed E-state index contributed by atoms with van der Waals surface area (Å²) in [6.45, 7) is 1.09. The molecular formula is C21H28N4O5S. The monoisotopic (exact) mass is 448 g/mol. The third-order valence-corrected chi connectivity index (χ3v) is 6.49. The molecule has 1 saturated heterocycles. The van der Waals surface area contributed by atoms with Gasteiger partial charge in [0.1, 0.15) is 0 Å². The molecule has 0 bridgehead atoms. The number of sulfonamides is 1. The molecule has 1 aromatic carbocycles. The largest absolute Gasteiger partial charge is 0.493 e. The van der Waals surface area contributed by atoms with Crippen LogP contribution in [-0.2, 0) is 16.6 Å². The zero-order valence-corrected chi connectivity index (χ0v) is 18.8. The summed E-state index contributed by atoms with van der Waals surface area (Å²) in [4.78, 5) is 18.6. The Morgan fingerprint density at radius 3 is 2.68 bits per heavy atom. The van der Waals surface area contributed by atoms with E-state index in [1.165, 1.54) is 17.7 Å². The third kappa shape index (κ3) is 5.86. The van der Waals surface area contributed by atoms with E-state index in [4.69, 9.17) is 9.47 Å². The van der Waals surface area contributed by atoms with Gasteiger partial charge in [0.15, 0.2) is 11.5 Å². The predicted octanol–water partition coefficient (Wildman–Crippen LogP) is 2.56. The highest BCUT2D eigenvalue weighted by atomic mass is 32.2. The molecule has 2 heterocycles. The number of hydrogen-bond donors (Lipinski definition) is 1. The summed E-state index contributed by atoms with van der Waals surface area (Å²) in [6, 6.07) is 8.16. The molecule has 1 fully saturated rings. The predicted molar refractivity (Wildman–Crippen MR) is 118 cm³/mol. The summed E-state index contributed by atoms with van der Waals surface area (Å²) in [5.41, 5.74) is 1.37. The van der Waals surface area contributed by atoms with Crippen LogP contribution in [-0.4, -0.2) is 68.2 Å². The van der Waals surface area contributed by atoms with E-state index < -0.39 is 10.0 Å². The second kappa shape index (κ2) is 9.97. The van der Waals surface area contributed by atoms with Gasteiger partial charge in [0, 0.05) is 49.8 Å². The van der Waals surface area contributed by atoms with Crippen molar-refractivity contribution in [1.29, 1.82) is 0 Å². The Kier molecular flexibility index (Phi) is 7.34. The van der Waals surface area contributed by atoms with E-state index in [1.54, 1.807) is 48.7 Å². The summed E-state index contributed by atoms with van der Waals surface area (Å²) in [6.07, 6.45) is 5.90. The molecule has 168 valence electrons. The SMILES string of the molecule is COc1ccc(NC(=O)N2CCCC(N(Cc3cccnc3)S(C)(=O)=O)C2)cc1OC. The number of nitrogens with zero attached hydrogens (tertiary/aromatic N) is 3. The van der Waals surface area contributed by atoms with Crippen molar-refractivity contribution in [3.8, 4) is 11.5 Å². The summed E-state index contributed by atoms with van der Waals surface area (Å²) in [7, 11) is -0.398. The minimum Gasteiger partial charge on any atom is -0.493 e. The summed E-state index contributed by atoms with van der Waals surface area (Å²) >= 11 is 0. The summed E-state index contributed by atoms with van der Waals surface area (Å²) < 4.78 is 36.9. The minimum atomic E-state index is -3.47. The lowest BCUT2D eigenvalue weighted by Gasteiger charge is -2.38. The topological polar surface area (TPSA) is 101 Å². The first kappa shape index (κ1) is 22.8. The number of rotatable bonds is 7. The number of aromatic nitrogens is 1. The molecule has 0 radical (unpaired) electrons. The highest BCUT2D eigenvalue weighted by Crippen LogP contribution is 2.30. The number of amides is 2. The fourth-order valence-corrected chi connectivity index (χ4v) is 4.78. The van der Waals surface area contributed by atoms with E-state index in [9.17, 15) is 13.2 Å². The molecule has 1 unspecified atom stereocenters. The number of anilines is 1. The molecule has 0 spiro atoms. The number of pyridine rings is 1. The molecule has 2 aromatic rings. The van der Waals surface area contributed by atoms with Crippen molar-refractivity contribution in [2.75, 3.05) is 38.9 Å². The van der Waals surface area contributed by atoms with Crippen LogP contribution in [0.15, 0.2) is 42.7 Å². The van der Waals surface area contributed by atoms with Crippen LogP contribution in [0, 0.1) is 0 Å². The average molecular weight is 449 g/mol. The van der Waals surface area contributed by atoms with Crippen molar-refractivity contribution in [3.63, 3.8) is 0 Å². The Morgan fingerprint density at radius 1 is 1.26 bits per heavy atom. The third-order valence-electron chi connectivity index (χ3n) is 5.21. The van der Waals surface area contributed by atoms with E-state index in [2.05, 4.69) is 10.3 Å². The fourth-order valence-electron chi connectivity index (χ4n) is 3.68. The lowest BCUT2D eigenvalue weighted by Crippen LogP contribution is -2.52. The molecule has 1 N–H and O–H groups in total. The number of piperidine rings is 1. The van der Waals surface area contributed by atoms with E-state index in [1.807, 2.05) is 6.07 Å². The highest BCUT2D eigenvalue weighted by molar-refractivity contribution is 7.88. The van der Waals surface area contributed by atoms with Gasteiger partial charge in [0.05, 0.1) is 20.5 Å². The number of likely N-dealkylation sites (tertiary alicyclic amines) is 1. The number of nitrogens with one attached hydrogen (secondary N) is 1. The van der Waals surface area contributed by atoms with Gasteiger partial charge in [-0.2, -0.15) is 4.31 Å². The Balaban J connectivity index is 1.71. The second-order valence-electron chi connectivity index (χ2n) is 7.41. The Morgan fingerprint density at radius 2 is 2.03 bits per heavy atom. The molecule has 0 saturated carbocycles. The van der Waals surface area contributed by atoms with Gasteiger partial charge in [-0.05, 0) is 36.6 Å². The number of ether oxygens (including phenoxy) is 2. The molecular weight excluding hydrogens is 420 g/mol. The molecule has 3 rings (SSSR count). The maximum absolute atomic E-state index is 12.9. The van der Waals surface area contributed by atoms with Crippen molar-refractivity contribution in [2.24, 2.45) is 0 Å². The van der Waals surface area contributed by atoms with Gasteiger partial charge in [-0.25, -0.2) is 13.2 Å². The number of methoxy groups -OCH3 is 2. The zero-order valence-electron chi connectivity index (χ0n) is 17.9. The van der Waals surface area contributed by atoms with E-state index in [0.29, 0.717) is 43.1 Å². The van der Waals surface area contributed by atoms with Gasteiger partial charge in [-0.1, -0.05) is 6.07 Å². The minimum absolute atomic E-state index is 0.225. The molecule has 1 aromatic heterocycles. The fraction of sp³-hybridized carbons (Fsp3) is 0.429. The Bertz CT molecular complexity index is 1000. The van der Waals surface area contributed by atoms with Crippen LogP contribution in [0.4, 0.5) is 10.5 Å². The molecule has 1 atom stereocenters. The van der Waals surface area contributed by atoms with Gasteiger partial charge in [0.2, 0.25) is 10.0 Å². The standard InChI is InChI=1S/C21H28N4O5S/c1-29-19-9-8-17(12-20(19)30-2)23-21(26)24-11-5-7-18(15-24)25(31(3,27)28)14-16-6-4-10-22-13-16/h4,6,8-10,12-13,18H,5,7,11,14-15H2,1-3H3,(H,23,26). The lowest BCUT2D eigenvalue weighted by molar-refractivity contribution is 0.157. The van der Waals surface area contributed by atoms with E-state index in [0.717, 1.165) is 5.56 Å². The number of hydrogen-bond acceptors (Lipinski definition) is 6. The maximum atomic E-state index is 12.9. The smallest absolute Gasteiger partial charge is 0.321 e. The van der Waals surface area contributed by atoms with Crippen LogP contribution >= 0.6 is 0 Å². The van der Waals surface area contributed by atoms with Crippen molar-refractivity contribution in [2.45, 2.75) is 25.4 Å². The molecule has 9 nitrogen and oxygen atoms in total. The molecule has 0 aliphatic carbocycles. The normalized spacial score (nSPS) is 16.8. The summed E-state index contributed by atoms with van der Waals surface area (Å²) in [5, 5.41) is 2.86. The van der Waals surface area contributed by atoms with Crippen molar-refractivity contribution < 1.29 is 22.7 Å². The van der Waals surface area contributed by atoms with Crippen molar-refractivity contribution in [3.05, 3.63) is 48.3 Å². The number of carbonyl (C=O) groups excluding carboxylic acids is 1. The highest BCUT2D eigenvalue weighted by Gasteiger charge is 2.32. The van der Waals surface area contributed by atoms with E-state index >= 15 is 0 Å². The molecule has 1 aliphatic heterocycles. The van der Waals surface area contributed by atoms with Crippen LogP contribution in [0.2, 0.25) is 0 Å². The number of benzene rings is 1. The molecule has 31 heavy (non-hydrogen) atoms. The van der Waals surface area contributed by atoms with Crippen molar-refractivity contribution >= 4 is 21.7 Å². The van der Waals surface area contributed by atoms with Gasteiger partial charge < -0.3 is 19.7 Å². The first-order valence-electron chi connectivity index (χ1n) is 9.95. The Hall–Kier alpha value is -2.85. The van der Waals surface area contributed by atoms with Crippen molar-refractivity contribution in [1.82, 2.24) is 14.2 Å². The van der Waals surface area contributed by atoms with Crippen LogP contribution in [0.5, 0.6) is 11.5 Å². The Labute approximate surface area is 183 Å². The van der Waals surface area contributed by atoms with Crippen LogP contribution in [0.25, 0.3) is 0 Å². The molecule has 10 heteroatoms. The van der Waals surface area contributed by atoms with Gasteiger partial charge >= 0.3 is 6.03 Å². The number of carbonyl (C=O) groups is 1. The first-order chi connectivity index (χ1) is 14.8.